The largest absolute Gasteiger partial charge is 0.467 e. The lowest BCUT2D eigenvalue weighted by Crippen LogP contribution is -2.03. The van der Waals surface area contributed by atoms with Gasteiger partial charge in [0.15, 0.2) is 11.3 Å². The summed E-state index contributed by atoms with van der Waals surface area (Å²) in [6.07, 6.45) is 0. The summed E-state index contributed by atoms with van der Waals surface area (Å²) in [6.45, 7) is 1.72. The van der Waals surface area contributed by atoms with Gasteiger partial charge in [0.1, 0.15) is 5.82 Å². The van der Waals surface area contributed by atoms with E-state index < -0.39 is 0 Å². The van der Waals surface area contributed by atoms with E-state index in [1.165, 1.54) is 7.11 Å². The van der Waals surface area contributed by atoms with E-state index in [9.17, 15) is 0 Å². The van der Waals surface area contributed by atoms with Crippen molar-refractivity contribution in [2.24, 2.45) is 0 Å². The highest BCUT2D eigenvalue weighted by Crippen LogP contribution is 2.15. The highest BCUT2D eigenvalue weighted by atomic mass is 16.5. The second kappa shape index (κ2) is 3.02. The number of hydrogen-bond donors (Lipinski definition) is 1. The maximum absolute atomic E-state index is 5.64. The maximum atomic E-state index is 5.64. The lowest BCUT2D eigenvalue weighted by molar-refractivity contribution is 0.382. The van der Waals surface area contributed by atoms with Crippen LogP contribution in [0, 0.1) is 6.92 Å². The number of anilines is 1. The first-order chi connectivity index (χ1) is 6.70. The molecule has 7 heteroatoms. The van der Waals surface area contributed by atoms with Crippen LogP contribution in [0.4, 0.5) is 5.82 Å². The SMILES string of the molecule is COc1nc(N)c2nc(C)nnc2n1. The fraction of sp³-hybridized carbons (Fsp3) is 0.286. The molecule has 2 heterocycles. The summed E-state index contributed by atoms with van der Waals surface area (Å²) in [6, 6.07) is 0.162. The summed E-state index contributed by atoms with van der Waals surface area (Å²) in [5.41, 5.74) is 6.42. The van der Waals surface area contributed by atoms with Gasteiger partial charge in [-0.2, -0.15) is 9.97 Å². The van der Waals surface area contributed by atoms with Crippen LogP contribution in [0.2, 0.25) is 0 Å². The Morgan fingerprint density at radius 2 is 1.93 bits per heavy atom. The molecule has 0 amide bonds. The standard InChI is InChI=1S/C7H8N6O/c1-3-9-4-5(8)10-7(14-2)11-6(4)13-12-3/h1-2H3,(H2,8,10,11,13). The van der Waals surface area contributed by atoms with Crippen LogP contribution in [0.1, 0.15) is 5.82 Å². The van der Waals surface area contributed by atoms with E-state index in [0.29, 0.717) is 17.0 Å². The number of ether oxygens (including phenoxy) is 1. The average molecular weight is 192 g/mol. The van der Waals surface area contributed by atoms with Crippen LogP contribution >= 0.6 is 0 Å². The van der Waals surface area contributed by atoms with Gasteiger partial charge in [-0.25, -0.2) is 4.98 Å². The summed E-state index contributed by atoms with van der Waals surface area (Å²) < 4.78 is 4.84. The first kappa shape index (κ1) is 8.54. The molecule has 72 valence electrons. The fourth-order valence-corrected chi connectivity index (χ4v) is 1.01. The van der Waals surface area contributed by atoms with Crippen LogP contribution in [0.25, 0.3) is 11.2 Å². The Labute approximate surface area is 79.4 Å². The van der Waals surface area contributed by atoms with Gasteiger partial charge in [0.05, 0.1) is 7.11 Å². The molecule has 0 atom stereocenters. The number of nitrogen functional groups attached to an aromatic ring is 1. The lowest BCUT2D eigenvalue weighted by Gasteiger charge is -2.01. The molecule has 0 aliphatic heterocycles. The van der Waals surface area contributed by atoms with Crippen molar-refractivity contribution in [3.05, 3.63) is 5.82 Å². The smallest absolute Gasteiger partial charge is 0.320 e. The Kier molecular flexibility index (Phi) is 1.84. The zero-order chi connectivity index (χ0) is 10.1. The van der Waals surface area contributed by atoms with Crippen LogP contribution in [0.15, 0.2) is 0 Å². The van der Waals surface area contributed by atoms with Gasteiger partial charge in [-0.3, -0.25) is 0 Å². The van der Waals surface area contributed by atoms with Crippen molar-refractivity contribution in [3.63, 3.8) is 0 Å². The summed E-state index contributed by atoms with van der Waals surface area (Å²) in [5, 5.41) is 7.59. The minimum absolute atomic E-state index is 0.162. The third-order valence-corrected chi connectivity index (χ3v) is 1.62. The van der Waals surface area contributed by atoms with Crippen LogP contribution in [0.5, 0.6) is 6.01 Å². The van der Waals surface area contributed by atoms with E-state index in [1.54, 1.807) is 6.92 Å². The maximum Gasteiger partial charge on any atom is 0.320 e. The highest BCUT2D eigenvalue weighted by molar-refractivity contribution is 5.80. The number of nitrogens with two attached hydrogens (primary N) is 1. The van der Waals surface area contributed by atoms with E-state index in [1.807, 2.05) is 0 Å². The normalized spacial score (nSPS) is 10.4. The Morgan fingerprint density at radius 1 is 1.14 bits per heavy atom. The van der Waals surface area contributed by atoms with Gasteiger partial charge in [-0.1, -0.05) is 0 Å². The molecule has 2 rings (SSSR count). The van der Waals surface area contributed by atoms with Gasteiger partial charge in [0.2, 0.25) is 5.65 Å². The average Bonchev–Trinajstić information content (AvgIpc) is 2.19. The van der Waals surface area contributed by atoms with Gasteiger partial charge in [0, 0.05) is 0 Å². The molecule has 2 aromatic rings. The molecule has 7 nitrogen and oxygen atoms in total. The zero-order valence-electron chi connectivity index (χ0n) is 7.72. The third kappa shape index (κ3) is 1.28. The number of nitrogens with zero attached hydrogens (tertiary/aromatic N) is 5. The topological polar surface area (TPSA) is 99.7 Å². The molecule has 14 heavy (non-hydrogen) atoms. The Morgan fingerprint density at radius 3 is 2.64 bits per heavy atom. The highest BCUT2D eigenvalue weighted by Gasteiger charge is 2.08. The zero-order valence-corrected chi connectivity index (χ0v) is 7.72. The summed E-state index contributed by atoms with van der Waals surface area (Å²) >= 11 is 0. The molecule has 0 spiro atoms. The first-order valence-electron chi connectivity index (χ1n) is 3.89. The molecule has 2 N–H and O–H groups in total. The summed E-state index contributed by atoms with van der Waals surface area (Å²) in [5.74, 6) is 0.766. The van der Waals surface area contributed by atoms with Crippen molar-refractivity contribution < 1.29 is 4.74 Å². The first-order valence-corrected chi connectivity index (χ1v) is 3.89. The van der Waals surface area contributed by atoms with E-state index >= 15 is 0 Å². The molecule has 0 bridgehead atoms. The molecule has 0 unspecified atom stereocenters. The van der Waals surface area contributed by atoms with Crippen molar-refractivity contribution in [3.8, 4) is 6.01 Å². The molecular formula is C7H8N6O. The van der Waals surface area contributed by atoms with Crippen LogP contribution in [-0.4, -0.2) is 32.3 Å². The Hall–Kier alpha value is -2.05. The molecule has 0 aromatic carbocycles. The molecule has 0 saturated heterocycles. The molecule has 0 fully saturated rings. The van der Waals surface area contributed by atoms with Crippen molar-refractivity contribution in [1.29, 1.82) is 0 Å². The van der Waals surface area contributed by atoms with Crippen LogP contribution in [-0.2, 0) is 0 Å². The second-order valence-corrected chi connectivity index (χ2v) is 2.63. The van der Waals surface area contributed by atoms with E-state index in [0.717, 1.165) is 0 Å². The van der Waals surface area contributed by atoms with Crippen molar-refractivity contribution in [2.75, 3.05) is 12.8 Å². The van der Waals surface area contributed by atoms with Crippen LogP contribution in [0.3, 0.4) is 0 Å². The third-order valence-electron chi connectivity index (χ3n) is 1.62. The van der Waals surface area contributed by atoms with Crippen molar-refractivity contribution >= 4 is 17.0 Å². The van der Waals surface area contributed by atoms with Gasteiger partial charge < -0.3 is 10.5 Å². The van der Waals surface area contributed by atoms with E-state index in [-0.39, 0.29) is 11.8 Å². The van der Waals surface area contributed by atoms with Gasteiger partial charge in [-0.05, 0) is 6.92 Å². The van der Waals surface area contributed by atoms with Crippen molar-refractivity contribution in [2.45, 2.75) is 6.92 Å². The van der Waals surface area contributed by atoms with Gasteiger partial charge in [0.25, 0.3) is 0 Å². The minimum Gasteiger partial charge on any atom is -0.467 e. The molecule has 0 radical (unpaired) electrons. The number of methoxy groups -OCH3 is 1. The quantitative estimate of drug-likeness (QED) is 0.662. The predicted octanol–water partition coefficient (Wildman–Crippen LogP) is -0.286. The van der Waals surface area contributed by atoms with E-state index in [4.69, 9.17) is 10.5 Å². The molecule has 0 aliphatic carbocycles. The number of hydrogen-bond acceptors (Lipinski definition) is 7. The number of rotatable bonds is 1. The number of fused-ring (bicyclic) bond motifs is 1. The van der Waals surface area contributed by atoms with Crippen LogP contribution < -0.4 is 10.5 Å². The minimum atomic E-state index is 0.162. The predicted molar refractivity (Wildman–Crippen MR) is 48.6 cm³/mol. The Bertz CT molecular complexity index is 485. The van der Waals surface area contributed by atoms with E-state index in [2.05, 4.69) is 25.1 Å². The molecule has 0 aliphatic rings. The molecule has 0 saturated carbocycles. The lowest BCUT2D eigenvalue weighted by atomic mass is 10.5. The number of aryl methyl sites for hydroxylation is 1. The monoisotopic (exact) mass is 192 g/mol. The molecular weight excluding hydrogens is 184 g/mol. The summed E-state index contributed by atoms with van der Waals surface area (Å²) in [7, 11) is 1.45. The number of aromatic nitrogens is 5. The second-order valence-electron chi connectivity index (χ2n) is 2.63. The van der Waals surface area contributed by atoms with Gasteiger partial charge >= 0.3 is 6.01 Å². The van der Waals surface area contributed by atoms with Crippen molar-refractivity contribution in [1.82, 2.24) is 25.1 Å². The summed E-state index contributed by atoms with van der Waals surface area (Å²) in [4.78, 5) is 11.9. The Balaban J connectivity index is 2.76. The molecule has 2 aromatic heterocycles. The van der Waals surface area contributed by atoms with Gasteiger partial charge in [-0.15, -0.1) is 10.2 Å². The fourth-order valence-electron chi connectivity index (χ4n) is 1.01.